The van der Waals surface area contributed by atoms with Gasteiger partial charge in [-0.2, -0.15) is 9.78 Å². The van der Waals surface area contributed by atoms with Crippen molar-refractivity contribution in [3.05, 3.63) is 89.0 Å². The van der Waals surface area contributed by atoms with Gasteiger partial charge in [-0.1, -0.05) is 30.3 Å². The van der Waals surface area contributed by atoms with E-state index in [4.69, 9.17) is 5.73 Å². The van der Waals surface area contributed by atoms with Crippen LogP contribution in [0.15, 0.2) is 71.8 Å². The van der Waals surface area contributed by atoms with E-state index in [0.717, 1.165) is 11.1 Å². The van der Waals surface area contributed by atoms with E-state index >= 15 is 0 Å². The summed E-state index contributed by atoms with van der Waals surface area (Å²) in [6.45, 7) is 3.99. The van der Waals surface area contributed by atoms with Gasteiger partial charge in [-0.25, -0.2) is 9.97 Å². The molecule has 8 nitrogen and oxygen atoms in total. The minimum Gasteiger partial charge on any atom is -0.507 e. The van der Waals surface area contributed by atoms with Crippen molar-refractivity contribution in [1.82, 2.24) is 14.6 Å². The van der Waals surface area contributed by atoms with Gasteiger partial charge >= 0.3 is 0 Å². The Balaban J connectivity index is 1.66. The zero-order chi connectivity index (χ0) is 23.8. The number of anilines is 2. The maximum Gasteiger partial charge on any atom is 0.261 e. The second-order valence-corrected chi connectivity index (χ2v) is 8.01. The molecule has 2 aromatic heterocycles. The Kier molecular flexibility index (Phi) is 5.18. The lowest BCUT2D eigenvalue weighted by molar-refractivity contribution is 0.102. The molecule has 0 saturated carbocycles. The number of nitrogens with zero attached hydrogens (tertiary/aromatic N) is 4. The number of para-hydroxylation sites is 3. The van der Waals surface area contributed by atoms with Crippen LogP contribution in [0.4, 0.5) is 11.5 Å². The predicted octanol–water partition coefficient (Wildman–Crippen LogP) is 4.62. The van der Waals surface area contributed by atoms with Crippen molar-refractivity contribution in [2.75, 3.05) is 11.1 Å². The number of amides is 1. The van der Waals surface area contributed by atoms with Crippen LogP contribution in [0.1, 0.15) is 27.0 Å². The van der Waals surface area contributed by atoms with Crippen LogP contribution in [0.5, 0.6) is 5.75 Å². The number of hydrogen-bond acceptors (Lipinski definition) is 6. The minimum atomic E-state index is -0.410. The van der Waals surface area contributed by atoms with Gasteiger partial charge in [0.05, 0.1) is 17.2 Å². The van der Waals surface area contributed by atoms with Crippen LogP contribution >= 0.6 is 0 Å². The summed E-state index contributed by atoms with van der Waals surface area (Å²) >= 11 is 0. The molecule has 0 unspecified atom stereocenters. The lowest BCUT2D eigenvalue weighted by Crippen LogP contribution is -2.14. The van der Waals surface area contributed by atoms with E-state index in [1.165, 1.54) is 10.9 Å². The normalized spacial score (nSPS) is 11.5. The van der Waals surface area contributed by atoms with E-state index in [-0.39, 0.29) is 17.1 Å². The van der Waals surface area contributed by atoms with Crippen LogP contribution in [0.25, 0.3) is 22.2 Å². The van der Waals surface area contributed by atoms with Crippen LogP contribution in [-0.2, 0) is 0 Å². The van der Waals surface area contributed by atoms with E-state index < -0.39 is 5.91 Å². The first kappa shape index (κ1) is 21.1. The lowest BCUT2D eigenvalue weighted by atomic mass is 10.1. The SMILES string of the molecule is Cc1ccc(NC(=O)c2c(N)n(/N=C/c3ccccc3O)c3nc4ccccc4nc23)cc1C. The molecule has 5 aromatic rings. The first-order chi connectivity index (χ1) is 16.4. The Morgan fingerprint density at radius 2 is 1.71 bits per heavy atom. The first-order valence-corrected chi connectivity index (χ1v) is 10.7. The molecule has 8 heteroatoms. The number of benzene rings is 3. The summed E-state index contributed by atoms with van der Waals surface area (Å²) < 4.78 is 1.37. The van der Waals surface area contributed by atoms with Crippen molar-refractivity contribution in [3.8, 4) is 5.75 Å². The molecule has 0 radical (unpaired) electrons. The number of phenols is 1. The second-order valence-electron chi connectivity index (χ2n) is 8.01. The van der Waals surface area contributed by atoms with E-state index in [9.17, 15) is 9.90 Å². The van der Waals surface area contributed by atoms with Crippen molar-refractivity contribution in [3.63, 3.8) is 0 Å². The van der Waals surface area contributed by atoms with Crippen LogP contribution < -0.4 is 11.1 Å². The lowest BCUT2D eigenvalue weighted by Gasteiger charge is -2.08. The molecule has 4 N–H and O–H groups in total. The summed E-state index contributed by atoms with van der Waals surface area (Å²) in [7, 11) is 0. The summed E-state index contributed by atoms with van der Waals surface area (Å²) in [6.07, 6.45) is 1.47. The third kappa shape index (κ3) is 3.71. The van der Waals surface area contributed by atoms with Crippen molar-refractivity contribution in [2.45, 2.75) is 13.8 Å². The molecular weight excluding hydrogens is 428 g/mol. The molecule has 0 atom stereocenters. The van der Waals surface area contributed by atoms with Gasteiger partial charge in [0.1, 0.15) is 22.6 Å². The largest absolute Gasteiger partial charge is 0.507 e. The molecule has 0 fully saturated rings. The fourth-order valence-electron chi connectivity index (χ4n) is 3.72. The number of fused-ring (bicyclic) bond motifs is 2. The highest BCUT2D eigenvalue weighted by molar-refractivity contribution is 6.16. The monoisotopic (exact) mass is 450 g/mol. The molecule has 0 saturated heterocycles. The molecule has 0 bridgehead atoms. The number of nitrogens with two attached hydrogens (primary N) is 1. The summed E-state index contributed by atoms with van der Waals surface area (Å²) in [5.74, 6) is -0.240. The summed E-state index contributed by atoms with van der Waals surface area (Å²) in [4.78, 5) is 22.7. The molecule has 34 heavy (non-hydrogen) atoms. The number of nitrogen functional groups attached to an aromatic ring is 1. The van der Waals surface area contributed by atoms with Crippen LogP contribution in [0, 0.1) is 13.8 Å². The molecule has 0 aliphatic heterocycles. The maximum absolute atomic E-state index is 13.4. The molecule has 0 aliphatic carbocycles. The maximum atomic E-state index is 13.4. The third-order valence-corrected chi connectivity index (χ3v) is 5.71. The van der Waals surface area contributed by atoms with Crippen molar-refractivity contribution >= 4 is 45.8 Å². The zero-order valence-corrected chi connectivity index (χ0v) is 18.6. The second kappa shape index (κ2) is 8.32. The van der Waals surface area contributed by atoms with Gasteiger partial charge in [-0.05, 0) is 61.4 Å². The Bertz CT molecular complexity index is 1600. The molecule has 1 amide bonds. The highest BCUT2D eigenvalue weighted by Gasteiger charge is 2.24. The van der Waals surface area contributed by atoms with Crippen molar-refractivity contribution < 1.29 is 9.90 Å². The Morgan fingerprint density at radius 1 is 1.00 bits per heavy atom. The van der Waals surface area contributed by atoms with E-state index in [0.29, 0.717) is 33.4 Å². The van der Waals surface area contributed by atoms with E-state index in [1.807, 2.05) is 56.3 Å². The van der Waals surface area contributed by atoms with Gasteiger partial charge in [-0.3, -0.25) is 4.79 Å². The van der Waals surface area contributed by atoms with Gasteiger partial charge in [0.2, 0.25) is 0 Å². The standard InChI is InChI=1S/C26H22N6O2/c1-15-11-12-18(13-16(15)2)29-26(34)22-23-25(31-20-9-5-4-8-19(20)30-23)32(24(22)27)28-14-17-7-3-6-10-21(17)33/h3-14,33H,27H2,1-2H3,(H,29,34)/b28-14+. The first-order valence-electron chi connectivity index (χ1n) is 10.7. The average Bonchev–Trinajstić information content (AvgIpc) is 3.09. The van der Waals surface area contributed by atoms with Gasteiger partial charge in [0, 0.05) is 11.3 Å². The zero-order valence-electron chi connectivity index (χ0n) is 18.6. The number of phenolic OH excluding ortho intramolecular Hbond substituents is 1. The van der Waals surface area contributed by atoms with Crippen LogP contribution in [0.3, 0.4) is 0 Å². The van der Waals surface area contributed by atoms with Gasteiger partial charge < -0.3 is 16.2 Å². The van der Waals surface area contributed by atoms with E-state index in [1.54, 1.807) is 24.3 Å². The van der Waals surface area contributed by atoms with Crippen molar-refractivity contribution in [2.24, 2.45) is 5.10 Å². The number of nitrogens with one attached hydrogen (secondary N) is 1. The number of rotatable bonds is 4. The summed E-state index contributed by atoms with van der Waals surface area (Å²) in [6, 6.07) is 19.8. The Labute approximate surface area is 195 Å². The fourth-order valence-corrected chi connectivity index (χ4v) is 3.72. The molecule has 0 aliphatic rings. The summed E-state index contributed by atoms with van der Waals surface area (Å²) in [5.41, 5.74) is 11.9. The van der Waals surface area contributed by atoms with Crippen molar-refractivity contribution in [1.29, 1.82) is 0 Å². The minimum absolute atomic E-state index is 0.0746. The summed E-state index contributed by atoms with van der Waals surface area (Å²) in [5, 5.41) is 17.4. The highest BCUT2D eigenvalue weighted by Crippen LogP contribution is 2.29. The Morgan fingerprint density at radius 3 is 2.44 bits per heavy atom. The van der Waals surface area contributed by atoms with E-state index in [2.05, 4.69) is 20.4 Å². The molecular formula is C26H22N6O2. The topological polar surface area (TPSA) is 118 Å². The third-order valence-electron chi connectivity index (χ3n) is 5.71. The number of aromatic hydroxyl groups is 1. The number of hydrogen-bond donors (Lipinski definition) is 3. The van der Waals surface area contributed by atoms with Gasteiger partial charge in [0.15, 0.2) is 5.65 Å². The van der Waals surface area contributed by atoms with Gasteiger partial charge in [-0.15, -0.1) is 0 Å². The number of carbonyl (C=O) groups is 1. The van der Waals surface area contributed by atoms with Crippen LogP contribution in [0.2, 0.25) is 0 Å². The molecule has 168 valence electrons. The quantitative estimate of drug-likeness (QED) is 0.345. The predicted molar refractivity (Wildman–Crippen MR) is 134 cm³/mol. The number of aryl methyl sites for hydroxylation is 2. The molecule has 2 heterocycles. The average molecular weight is 451 g/mol. The number of carbonyl (C=O) groups excluding carboxylic acids is 1. The van der Waals surface area contributed by atoms with Gasteiger partial charge in [0.25, 0.3) is 5.91 Å². The highest BCUT2D eigenvalue weighted by atomic mass is 16.3. The number of aromatic nitrogens is 3. The smallest absolute Gasteiger partial charge is 0.261 e. The molecule has 5 rings (SSSR count). The molecule has 0 spiro atoms. The van der Waals surface area contributed by atoms with Crippen LogP contribution in [-0.4, -0.2) is 31.9 Å². The fraction of sp³-hybridized carbons (Fsp3) is 0.0769. The molecule has 3 aromatic carbocycles. The Hall–Kier alpha value is -4.72.